The van der Waals surface area contributed by atoms with E-state index in [-0.39, 0.29) is 5.84 Å². The number of allylic oxidation sites excluding steroid dienone is 1. The van der Waals surface area contributed by atoms with E-state index in [1.807, 2.05) is 20.8 Å². The fourth-order valence-electron chi connectivity index (χ4n) is 2.85. The molecule has 0 bridgehead atoms. The number of amidine groups is 1. The van der Waals surface area contributed by atoms with Crippen LogP contribution in [0, 0.1) is 16.5 Å². The highest BCUT2D eigenvalue weighted by molar-refractivity contribution is 6.09. The molecule has 0 spiro atoms. The summed E-state index contributed by atoms with van der Waals surface area (Å²) in [5, 5.41) is 36.1. The molecule has 1 N–H and O–H groups in total. The number of hydroxylamine groups is 3. The van der Waals surface area contributed by atoms with Gasteiger partial charge < -0.3 is 10.3 Å². The zero-order valence-corrected chi connectivity index (χ0v) is 14.8. The van der Waals surface area contributed by atoms with Crippen molar-refractivity contribution in [2.45, 2.75) is 59.5 Å². The van der Waals surface area contributed by atoms with Crippen LogP contribution in [0.15, 0.2) is 23.5 Å². The van der Waals surface area contributed by atoms with Crippen LogP contribution in [0.1, 0.15) is 48.5 Å². The smallest absolute Gasteiger partial charge is 0.295 e. The van der Waals surface area contributed by atoms with Gasteiger partial charge in [0.25, 0.3) is 5.84 Å². The average Bonchev–Trinajstić information content (AvgIpc) is 2.51. The Labute approximate surface area is 137 Å². The van der Waals surface area contributed by atoms with Crippen LogP contribution >= 0.6 is 0 Å². The van der Waals surface area contributed by atoms with Gasteiger partial charge in [-0.15, -0.1) is 0 Å². The third-order valence-corrected chi connectivity index (χ3v) is 5.20. The Balaban J connectivity index is 2.60. The first-order valence-electron chi connectivity index (χ1n) is 7.72. The molecule has 6 heteroatoms. The van der Waals surface area contributed by atoms with Crippen molar-refractivity contribution in [1.82, 2.24) is 5.06 Å². The van der Waals surface area contributed by atoms with Crippen molar-refractivity contribution in [3.8, 4) is 0 Å². The second-order valence-electron chi connectivity index (χ2n) is 8.30. The summed E-state index contributed by atoms with van der Waals surface area (Å²) in [5.41, 5.74) is -1.95. The van der Waals surface area contributed by atoms with Crippen LogP contribution in [0.25, 0.3) is 0 Å². The summed E-state index contributed by atoms with van der Waals surface area (Å²) in [5.74, 6) is -1.60. The zero-order valence-electron chi connectivity index (χ0n) is 14.8. The summed E-state index contributed by atoms with van der Waals surface area (Å²) in [4.78, 5) is 12.2. The molecular weight excluding hydrogens is 296 g/mol. The summed E-state index contributed by atoms with van der Waals surface area (Å²) >= 11 is 0. The van der Waals surface area contributed by atoms with Gasteiger partial charge in [0.2, 0.25) is 5.78 Å². The molecule has 23 heavy (non-hydrogen) atoms. The topological polar surface area (TPSA) is 86.5 Å². The molecule has 127 valence electrons. The molecule has 0 amide bonds. The number of Topliss-reactive ketones (excluding diaryl/α,β-unsaturated/α-hetero) is 1. The second kappa shape index (κ2) is 4.84. The van der Waals surface area contributed by atoms with E-state index in [2.05, 4.69) is 0 Å². The highest BCUT2D eigenvalue weighted by atomic mass is 16.5. The van der Waals surface area contributed by atoms with E-state index in [0.29, 0.717) is 15.4 Å². The minimum Gasteiger partial charge on any atom is -0.715 e. The van der Waals surface area contributed by atoms with E-state index in [1.54, 1.807) is 33.8 Å². The number of carbonyl (C=O) groups excluding carboxylic acids is 1. The fourth-order valence-corrected chi connectivity index (χ4v) is 2.85. The molecule has 0 aromatic heterocycles. The Morgan fingerprint density at radius 3 is 2.13 bits per heavy atom. The molecule has 1 radical (unpaired) electrons. The van der Waals surface area contributed by atoms with E-state index < -0.39 is 34.0 Å². The first kappa shape index (κ1) is 17.5. The third-order valence-electron chi connectivity index (χ3n) is 5.20. The number of aliphatic hydroxyl groups excluding tert-OH is 1. The van der Waals surface area contributed by atoms with Crippen molar-refractivity contribution >= 4 is 11.6 Å². The van der Waals surface area contributed by atoms with Crippen LogP contribution in [0.4, 0.5) is 0 Å². The lowest BCUT2D eigenvalue weighted by Gasteiger charge is -2.32. The van der Waals surface area contributed by atoms with E-state index in [9.17, 15) is 20.3 Å². The normalized spacial score (nSPS) is 27.2. The molecule has 0 aromatic carbocycles. The lowest BCUT2D eigenvalue weighted by molar-refractivity contribution is -0.541. The Kier molecular flexibility index (Phi) is 3.69. The van der Waals surface area contributed by atoms with Gasteiger partial charge in [-0.05, 0) is 39.2 Å². The SMILES string of the molecule is CC(C)(C)C1=CC(C2=[N+]([O-])C(C)(C)C(C)(C)N2[O])C=C(O)C1=O. The number of nitrogens with zero attached hydrogens (tertiary/aromatic N) is 2. The second-order valence-corrected chi connectivity index (χ2v) is 8.30. The average molecular weight is 321 g/mol. The van der Waals surface area contributed by atoms with Gasteiger partial charge in [0, 0.05) is 10.8 Å². The summed E-state index contributed by atoms with van der Waals surface area (Å²) in [6.07, 6.45) is 2.89. The van der Waals surface area contributed by atoms with E-state index in [0.717, 1.165) is 0 Å². The van der Waals surface area contributed by atoms with Gasteiger partial charge in [-0.2, -0.15) is 0 Å². The standard InChI is InChI=1S/C17H25N2O4/c1-15(2,3)11-8-10(9-12(20)13(11)21)14-18(22)16(4,5)17(6,7)19(14)23/h8-10,20H,1-7H3. The molecule has 0 saturated carbocycles. The molecule has 0 aromatic rings. The van der Waals surface area contributed by atoms with E-state index in [4.69, 9.17) is 0 Å². The van der Waals surface area contributed by atoms with Crippen molar-refractivity contribution in [2.24, 2.45) is 11.3 Å². The fraction of sp³-hybridized carbons (Fsp3) is 0.647. The van der Waals surface area contributed by atoms with E-state index in [1.165, 1.54) is 6.08 Å². The van der Waals surface area contributed by atoms with Gasteiger partial charge in [0.15, 0.2) is 11.3 Å². The van der Waals surface area contributed by atoms with Crippen LogP contribution in [0.5, 0.6) is 0 Å². The number of hydrogen-bond acceptors (Lipinski definition) is 4. The number of aliphatic hydroxyl groups is 1. The lowest BCUT2D eigenvalue weighted by atomic mass is 9.78. The molecule has 1 atom stereocenters. The molecule has 1 aliphatic heterocycles. The Morgan fingerprint density at radius 1 is 1.22 bits per heavy atom. The van der Waals surface area contributed by atoms with Crippen molar-refractivity contribution < 1.29 is 19.8 Å². The lowest BCUT2D eigenvalue weighted by Crippen LogP contribution is -2.53. The van der Waals surface area contributed by atoms with E-state index >= 15 is 0 Å². The number of carbonyl (C=O) groups is 1. The highest BCUT2D eigenvalue weighted by Crippen LogP contribution is 2.40. The minimum atomic E-state index is -0.926. The van der Waals surface area contributed by atoms with Gasteiger partial charge in [0.05, 0.1) is 0 Å². The molecule has 2 aliphatic rings. The molecule has 0 saturated heterocycles. The van der Waals surface area contributed by atoms with Crippen LogP contribution in [-0.2, 0) is 10.0 Å². The van der Waals surface area contributed by atoms with Crippen LogP contribution in [0.3, 0.4) is 0 Å². The summed E-state index contributed by atoms with van der Waals surface area (Å²) in [6, 6.07) is 0. The quantitative estimate of drug-likeness (QED) is 0.594. The molecule has 1 unspecified atom stereocenters. The van der Waals surface area contributed by atoms with Gasteiger partial charge in [-0.25, -0.2) is 0 Å². The summed E-state index contributed by atoms with van der Waals surface area (Å²) in [7, 11) is 0. The molecule has 1 aliphatic carbocycles. The number of rotatable bonds is 1. The van der Waals surface area contributed by atoms with Gasteiger partial charge >= 0.3 is 0 Å². The molecule has 1 heterocycles. The summed E-state index contributed by atoms with van der Waals surface area (Å²) in [6.45, 7) is 12.4. The van der Waals surface area contributed by atoms with Crippen LogP contribution in [0.2, 0.25) is 0 Å². The molecule has 0 fully saturated rings. The van der Waals surface area contributed by atoms with Gasteiger partial charge in [-0.3, -0.25) is 9.53 Å². The van der Waals surface area contributed by atoms with Gasteiger partial charge in [-0.1, -0.05) is 31.9 Å². The van der Waals surface area contributed by atoms with Crippen LogP contribution in [-0.4, -0.2) is 37.6 Å². The monoisotopic (exact) mass is 321 g/mol. The van der Waals surface area contributed by atoms with Crippen molar-refractivity contribution in [3.05, 3.63) is 28.7 Å². The maximum Gasteiger partial charge on any atom is 0.295 e. The first-order valence-corrected chi connectivity index (χ1v) is 7.72. The van der Waals surface area contributed by atoms with Crippen molar-refractivity contribution in [3.63, 3.8) is 0 Å². The number of hydrogen-bond donors (Lipinski definition) is 1. The Bertz CT molecular complexity index is 648. The maximum absolute atomic E-state index is 12.7. The predicted molar refractivity (Wildman–Crippen MR) is 86.1 cm³/mol. The van der Waals surface area contributed by atoms with Crippen molar-refractivity contribution in [1.29, 1.82) is 0 Å². The largest absolute Gasteiger partial charge is 0.715 e. The summed E-state index contributed by atoms with van der Waals surface area (Å²) < 4.78 is 0.709. The third kappa shape index (κ3) is 2.36. The highest BCUT2D eigenvalue weighted by Gasteiger charge is 2.61. The Hall–Kier alpha value is -1.82. The van der Waals surface area contributed by atoms with Crippen molar-refractivity contribution in [2.75, 3.05) is 0 Å². The van der Waals surface area contributed by atoms with Crippen LogP contribution < -0.4 is 0 Å². The zero-order chi connectivity index (χ0) is 18.0. The first-order chi connectivity index (χ1) is 10.2. The molecular formula is C17H25N2O4. The van der Waals surface area contributed by atoms with Gasteiger partial charge in [0.1, 0.15) is 11.5 Å². The predicted octanol–water partition coefficient (Wildman–Crippen LogP) is 2.73. The molecule has 2 rings (SSSR count). The molecule has 6 nitrogen and oxygen atoms in total. The Morgan fingerprint density at radius 2 is 1.74 bits per heavy atom. The minimum absolute atomic E-state index is 0.000741. The number of ketones is 1. The maximum atomic E-state index is 12.7.